The summed E-state index contributed by atoms with van der Waals surface area (Å²) in [7, 11) is 0. The van der Waals surface area contributed by atoms with Crippen molar-refractivity contribution >= 4 is 16.8 Å². The van der Waals surface area contributed by atoms with E-state index in [-0.39, 0.29) is 0 Å². The smallest absolute Gasteiger partial charge is 0.156 e. The Morgan fingerprint density at radius 1 is 1.75 bits per heavy atom. The van der Waals surface area contributed by atoms with Crippen LogP contribution in [0.3, 0.4) is 0 Å². The Kier molecular flexibility index (Phi) is 2.65. The number of H-pyrrole nitrogens is 1. The number of halogens is 1. The number of allylic oxidation sites excluding steroid dienone is 1. The maximum atomic E-state index is 5.85. The van der Waals surface area contributed by atoms with Gasteiger partial charge in [-0.05, 0) is 13.8 Å². The zero-order valence-corrected chi connectivity index (χ0v) is 7.81. The van der Waals surface area contributed by atoms with Crippen LogP contribution in [0.2, 0.25) is 0 Å². The van der Waals surface area contributed by atoms with E-state index in [0.717, 1.165) is 5.69 Å². The van der Waals surface area contributed by atoms with Crippen molar-refractivity contribution in [2.24, 2.45) is 4.99 Å². The van der Waals surface area contributed by atoms with E-state index < -0.39 is 0 Å². The molecule has 1 aromatic rings. The van der Waals surface area contributed by atoms with Crippen molar-refractivity contribution in [3.05, 3.63) is 30.0 Å². The first-order chi connectivity index (χ1) is 5.61. The SMILES string of the molecule is C=C(C)N=C(Cl)c1nc[nH]c1C. The first kappa shape index (κ1) is 9.00. The van der Waals surface area contributed by atoms with E-state index in [0.29, 0.717) is 16.6 Å². The Labute approximate surface area is 76.2 Å². The summed E-state index contributed by atoms with van der Waals surface area (Å²) in [5.74, 6) is 0. The highest BCUT2D eigenvalue weighted by Gasteiger charge is 2.05. The van der Waals surface area contributed by atoms with Gasteiger partial charge in [0.05, 0.1) is 6.33 Å². The minimum atomic E-state index is 0.376. The number of aromatic nitrogens is 2. The Balaban J connectivity index is 2.99. The third kappa shape index (κ3) is 1.95. The number of aryl methyl sites for hydroxylation is 1. The van der Waals surface area contributed by atoms with Crippen molar-refractivity contribution in [3.8, 4) is 0 Å². The highest BCUT2D eigenvalue weighted by Crippen LogP contribution is 2.07. The molecule has 1 rings (SSSR count). The van der Waals surface area contributed by atoms with Gasteiger partial charge >= 0.3 is 0 Å². The standard InChI is InChI=1S/C8H10ClN3/c1-5(2)12-8(9)7-6(3)10-4-11-7/h4H,1H2,2-3H3,(H,10,11). The molecule has 4 heteroatoms. The van der Waals surface area contributed by atoms with Crippen LogP contribution in [0.4, 0.5) is 0 Å². The molecule has 1 N–H and O–H groups in total. The van der Waals surface area contributed by atoms with Crippen LogP contribution in [-0.2, 0) is 0 Å². The molecule has 0 saturated carbocycles. The summed E-state index contributed by atoms with van der Waals surface area (Å²) in [5.41, 5.74) is 2.26. The largest absolute Gasteiger partial charge is 0.348 e. The molecule has 0 bridgehead atoms. The fourth-order valence-corrected chi connectivity index (χ4v) is 1.12. The summed E-state index contributed by atoms with van der Waals surface area (Å²) < 4.78 is 0. The molecule has 0 aliphatic rings. The molecule has 1 aromatic heterocycles. The van der Waals surface area contributed by atoms with E-state index in [1.165, 1.54) is 0 Å². The molecule has 0 aliphatic carbocycles. The summed E-state index contributed by atoms with van der Waals surface area (Å²) in [6.07, 6.45) is 1.58. The van der Waals surface area contributed by atoms with Crippen molar-refractivity contribution in [2.45, 2.75) is 13.8 Å². The molecular formula is C8H10ClN3. The molecule has 0 amide bonds. The van der Waals surface area contributed by atoms with Gasteiger partial charge in [-0.25, -0.2) is 9.98 Å². The van der Waals surface area contributed by atoms with Gasteiger partial charge in [0.15, 0.2) is 5.17 Å². The fraction of sp³-hybridized carbons (Fsp3) is 0.250. The van der Waals surface area contributed by atoms with E-state index in [1.807, 2.05) is 6.92 Å². The second-order valence-corrected chi connectivity index (χ2v) is 2.87. The normalized spacial score (nSPS) is 11.8. The lowest BCUT2D eigenvalue weighted by molar-refractivity contribution is 1.25. The molecule has 0 saturated heterocycles. The number of aliphatic imine (C=N–C) groups is 1. The Morgan fingerprint density at radius 2 is 2.42 bits per heavy atom. The molecule has 0 radical (unpaired) electrons. The lowest BCUT2D eigenvalue weighted by atomic mass is 10.4. The second-order valence-electron chi connectivity index (χ2n) is 2.51. The fourth-order valence-electron chi connectivity index (χ4n) is 0.787. The average molecular weight is 184 g/mol. The van der Waals surface area contributed by atoms with Crippen LogP contribution in [0.5, 0.6) is 0 Å². The number of hydrogen-bond donors (Lipinski definition) is 1. The van der Waals surface area contributed by atoms with Gasteiger partial charge in [0, 0.05) is 11.4 Å². The van der Waals surface area contributed by atoms with Gasteiger partial charge in [0.1, 0.15) is 5.69 Å². The van der Waals surface area contributed by atoms with Gasteiger partial charge in [-0.1, -0.05) is 18.2 Å². The van der Waals surface area contributed by atoms with Crippen molar-refractivity contribution in [2.75, 3.05) is 0 Å². The lowest BCUT2D eigenvalue weighted by Crippen LogP contribution is -1.94. The van der Waals surface area contributed by atoms with Gasteiger partial charge < -0.3 is 4.98 Å². The van der Waals surface area contributed by atoms with Crippen molar-refractivity contribution in [3.63, 3.8) is 0 Å². The van der Waals surface area contributed by atoms with Gasteiger partial charge in [0.2, 0.25) is 0 Å². The minimum absolute atomic E-state index is 0.376. The van der Waals surface area contributed by atoms with Crippen LogP contribution in [0.1, 0.15) is 18.3 Å². The number of aromatic amines is 1. The average Bonchev–Trinajstić information content (AvgIpc) is 2.33. The van der Waals surface area contributed by atoms with Crippen LogP contribution >= 0.6 is 11.6 Å². The summed E-state index contributed by atoms with van der Waals surface area (Å²) in [5, 5.41) is 0.376. The van der Waals surface area contributed by atoms with Crippen molar-refractivity contribution in [1.82, 2.24) is 9.97 Å². The third-order valence-corrected chi connectivity index (χ3v) is 1.58. The van der Waals surface area contributed by atoms with E-state index in [4.69, 9.17) is 11.6 Å². The zero-order valence-electron chi connectivity index (χ0n) is 7.06. The lowest BCUT2D eigenvalue weighted by Gasteiger charge is -1.94. The monoisotopic (exact) mass is 183 g/mol. The predicted octanol–water partition coefficient (Wildman–Crippen LogP) is 2.24. The first-order valence-corrected chi connectivity index (χ1v) is 3.89. The summed E-state index contributed by atoms with van der Waals surface area (Å²) in [6.45, 7) is 7.29. The predicted molar refractivity (Wildman–Crippen MR) is 50.5 cm³/mol. The number of hydrogen-bond acceptors (Lipinski definition) is 2. The highest BCUT2D eigenvalue weighted by molar-refractivity contribution is 6.69. The Bertz CT molecular complexity index is 325. The van der Waals surface area contributed by atoms with Crippen molar-refractivity contribution in [1.29, 1.82) is 0 Å². The van der Waals surface area contributed by atoms with Gasteiger partial charge in [0.25, 0.3) is 0 Å². The molecule has 0 aromatic carbocycles. The third-order valence-electron chi connectivity index (χ3n) is 1.31. The summed E-state index contributed by atoms with van der Waals surface area (Å²) in [6, 6.07) is 0. The van der Waals surface area contributed by atoms with E-state index in [2.05, 4.69) is 21.5 Å². The van der Waals surface area contributed by atoms with Crippen LogP contribution in [0.15, 0.2) is 23.6 Å². The van der Waals surface area contributed by atoms with Crippen LogP contribution in [0.25, 0.3) is 0 Å². The second kappa shape index (κ2) is 3.54. The minimum Gasteiger partial charge on any atom is -0.348 e. The summed E-state index contributed by atoms with van der Waals surface area (Å²) in [4.78, 5) is 10.9. The van der Waals surface area contributed by atoms with Crippen LogP contribution in [0, 0.1) is 6.92 Å². The maximum absolute atomic E-state index is 5.85. The van der Waals surface area contributed by atoms with Gasteiger partial charge in [-0.3, -0.25) is 0 Å². The van der Waals surface area contributed by atoms with Crippen LogP contribution < -0.4 is 0 Å². The Morgan fingerprint density at radius 3 is 2.83 bits per heavy atom. The first-order valence-electron chi connectivity index (χ1n) is 3.51. The molecule has 0 atom stereocenters. The number of nitrogens with one attached hydrogen (secondary N) is 1. The molecule has 0 unspecified atom stereocenters. The molecule has 0 fully saturated rings. The number of nitrogens with zero attached hydrogens (tertiary/aromatic N) is 2. The molecule has 1 heterocycles. The zero-order chi connectivity index (χ0) is 9.14. The maximum Gasteiger partial charge on any atom is 0.156 e. The Hall–Kier alpha value is -1.09. The molecule has 64 valence electrons. The van der Waals surface area contributed by atoms with E-state index in [1.54, 1.807) is 13.3 Å². The molecule has 12 heavy (non-hydrogen) atoms. The van der Waals surface area contributed by atoms with Gasteiger partial charge in [-0.15, -0.1) is 0 Å². The van der Waals surface area contributed by atoms with Crippen LogP contribution in [-0.4, -0.2) is 15.1 Å². The molecule has 3 nitrogen and oxygen atoms in total. The molecule has 0 spiro atoms. The number of rotatable bonds is 2. The molecular weight excluding hydrogens is 174 g/mol. The highest BCUT2D eigenvalue weighted by atomic mass is 35.5. The molecule has 0 aliphatic heterocycles. The van der Waals surface area contributed by atoms with E-state index in [9.17, 15) is 0 Å². The quantitative estimate of drug-likeness (QED) is 0.702. The van der Waals surface area contributed by atoms with Crippen molar-refractivity contribution < 1.29 is 0 Å². The van der Waals surface area contributed by atoms with Gasteiger partial charge in [-0.2, -0.15) is 0 Å². The topological polar surface area (TPSA) is 41.0 Å². The van der Waals surface area contributed by atoms with E-state index >= 15 is 0 Å². The summed E-state index contributed by atoms with van der Waals surface area (Å²) >= 11 is 5.85. The number of imidazole rings is 1.